The van der Waals surface area contributed by atoms with Gasteiger partial charge in [-0.25, -0.2) is 0 Å². The summed E-state index contributed by atoms with van der Waals surface area (Å²) in [6.07, 6.45) is 1.62. The van der Waals surface area contributed by atoms with Crippen molar-refractivity contribution in [2.45, 2.75) is 0 Å². The second-order valence-electron chi connectivity index (χ2n) is 5.22. The van der Waals surface area contributed by atoms with Crippen LogP contribution in [-0.2, 0) is 4.79 Å². The van der Waals surface area contributed by atoms with Crippen molar-refractivity contribution in [3.8, 4) is 17.2 Å². The SMILES string of the molecule is C=Cc1cc(OC)c(OCC(=O)Nc2ccc(Cl)c([N+](=O)[O-])c2)c(OC)c1. The van der Waals surface area contributed by atoms with E-state index < -0.39 is 10.8 Å². The van der Waals surface area contributed by atoms with E-state index in [1.54, 1.807) is 18.2 Å². The van der Waals surface area contributed by atoms with E-state index in [1.807, 2.05) is 0 Å². The van der Waals surface area contributed by atoms with E-state index in [-0.39, 0.29) is 28.8 Å². The van der Waals surface area contributed by atoms with Gasteiger partial charge in [0.05, 0.1) is 19.1 Å². The summed E-state index contributed by atoms with van der Waals surface area (Å²) in [5.74, 6) is 0.477. The first-order valence-electron chi connectivity index (χ1n) is 7.64. The van der Waals surface area contributed by atoms with Crippen molar-refractivity contribution in [1.82, 2.24) is 0 Å². The van der Waals surface area contributed by atoms with Gasteiger partial charge in [-0.1, -0.05) is 24.3 Å². The van der Waals surface area contributed by atoms with Gasteiger partial charge >= 0.3 is 0 Å². The highest BCUT2D eigenvalue weighted by molar-refractivity contribution is 6.32. The minimum absolute atomic E-state index is 0.0222. The van der Waals surface area contributed by atoms with Gasteiger partial charge in [-0.2, -0.15) is 0 Å². The van der Waals surface area contributed by atoms with E-state index in [4.69, 9.17) is 25.8 Å². The van der Waals surface area contributed by atoms with Crippen molar-refractivity contribution < 1.29 is 23.9 Å². The summed E-state index contributed by atoms with van der Waals surface area (Å²) in [5.41, 5.74) is 0.674. The number of methoxy groups -OCH3 is 2. The van der Waals surface area contributed by atoms with Crippen LogP contribution in [0.2, 0.25) is 5.02 Å². The fraction of sp³-hybridized carbons (Fsp3) is 0.167. The third-order valence-corrected chi connectivity index (χ3v) is 3.81. The molecule has 0 bridgehead atoms. The summed E-state index contributed by atoms with van der Waals surface area (Å²) in [6, 6.07) is 7.32. The highest BCUT2D eigenvalue weighted by atomic mass is 35.5. The van der Waals surface area contributed by atoms with Gasteiger partial charge in [0.25, 0.3) is 11.6 Å². The number of carbonyl (C=O) groups is 1. The molecule has 2 aromatic carbocycles. The molecular weight excluding hydrogens is 376 g/mol. The predicted octanol–water partition coefficient (Wildman–Crippen LogP) is 3.93. The molecule has 0 aliphatic rings. The lowest BCUT2D eigenvalue weighted by Crippen LogP contribution is -2.20. The number of ether oxygens (including phenoxy) is 3. The van der Waals surface area contributed by atoms with Crippen molar-refractivity contribution in [2.24, 2.45) is 0 Å². The van der Waals surface area contributed by atoms with E-state index >= 15 is 0 Å². The lowest BCUT2D eigenvalue weighted by molar-refractivity contribution is -0.384. The fourth-order valence-electron chi connectivity index (χ4n) is 2.23. The summed E-state index contributed by atoms with van der Waals surface area (Å²) in [4.78, 5) is 22.4. The van der Waals surface area contributed by atoms with E-state index in [9.17, 15) is 14.9 Å². The van der Waals surface area contributed by atoms with Gasteiger partial charge in [0.15, 0.2) is 18.1 Å². The van der Waals surface area contributed by atoms with Crippen LogP contribution in [0, 0.1) is 10.1 Å². The second kappa shape index (κ2) is 8.91. The zero-order valence-electron chi connectivity index (χ0n) is 14.7. The molecule has 0 atom stereocenters. The normalized spacial score (nSPS) is 10.0. The predicted molar refractivity (Wildman–Crippen MR) is 102 cm³/mol. The third-order valence-electron chi connectivity index (χ3n) is 3.49. The Kier molecular flexibility index (Phi) is 6.62. The summed E-state index contributed by atoms with van der Waals surface area (Å²) in [5, 5.41) is 13.4. The van der Waals surface area contributed by atoms with Crippen molar-refractivity contribution >= 4 is 35.0 Å². The molecule has 2 rings (SSSR count). The fourth-order valence-corrected chi connectivity index (χ4v) is 2.41. The van der Waals surface area contributed by atoms with Gasteiger partial charge in [0.1, 0.15) is 5.02 Å². The number of amides is 1. The van der Waals surface area contributed by atoms with E-state index in [2.05, 4.69) is 11.9 Å². The van der Waals surface area contributed by atoms with Gasteiger partial charge in [-0.15, -0.1) is 0 Å². The number of nitro groups is 1. The molecule has 27 heavy (non-hydrogen) atoms. The molecule has 142 valence electrons. The van der Waals surface area contributed by atoms with Crippen LogP contribution in [0.3, 0.4) is 0 Å². The lowest BCUT2D eigenvalue weighted by Gasteiger charge is -2.15. The molecule has 0 radical (unpaired) electrons. The van der Waals surface area contributed by atoms with Crippen LogP contribution < -0.4 is 19.5 Å². The summed E-state index contributed by atoms with van der Waals surface area (Å²) < 4.78 is 16.1. The first kappa shape index (κ1) is 20.1. The van der Waals surface area contributed by atoms with Crippen molar-refractivity contribution in [3.05, 3.63) is 57.6 Å². The standard InChI is InChI=1S/C18H17ClN2O6/c1-4-11-7-15(25-2)18(16(8-11)26-3)27-10-17(22)20-12-5-6-13(19)14(9-12)21(23)24/h4-9H,1,10H2,2-3H3,(H,20,22). The van der Waals surface area contributed by atoms with E-state index in [0.717, 1.165) is 5.56 Å². The molecule has 2 aromatic rings. The molecule has 9 heteroatoms. The van der Waals surface area contributed by atoms with Crippen LogP contribution >= 0.6 is 11.6 Å². The Bertz CT molecular complexity index is 859. The molecule has 1 N–H and O–H groups in total. The Morgan fingerprint density at radius 2 is 1.89 bits per heavy atom. The zero-order chi connectivity index (χ0) is 20.0. The minimum atomic E-state index is -0.634. The molecule has 0 aliphatic carbocycles. The third kappa shape index (κ3) is 4.89. The number of nitrogens with one attached hydrogen (secondary N) is 1. The van der Waals surface area contributed by atoms with Crippen LogP contribution in [-0.4, -0.2) is 31.7 Å². The summed E-state index contributed by atoms with van der Waals surface area (Å²) in [6.45, 7) is 3.32. The highest BCUT2D eigenvalue weighted by Crippen LogP contribution is 2.38. The van der Waals surface area contributed by atoms with Gasteiger partial charge in [0.2, 0.25) is 5.75 Å². The van der Waals surface area contributed by atoms with Crippen molar-refractivity contribution in [2.75, 3.05) is 26.1 Å². The zero-order valence-corrected chi connectivity index (χ0v) is 15.4. The van der Waals surface area contributed by atoms with Gasteiger partial charge in [-0.3, -0.25) is 14.9 Å². The number of carbonyl (C=O) groups excluding carboxylic acids is 1. The molecule has 0 saturated heterocycles. The Hall–Kier alpha value is -3.26. The Morgan fingerprint density at radius 1 is 1.26 bits per heavy atom. The Morgan fingerprint density at radius 3 is 2.41 bits per heavy atom. The number of benzene rings is 2. The average molecular weight is 393 g/mol. The monoisotopic (exact) mass is 392 g/mol. The average Bonchev–Trinajstić information content (AvgIpc) is 2.66. The second-order valence-corrected chi connectivity index (χ2v) is 5.63. The summed E-state index contributed by atoms with van der Waals surface area (Å²) >= 11 is 5.75. The molecule has 0 spiro atoms. The number of nitro benzene ring substituents is 1. The number of rotatable bonds is 8. The van der Waals surface area contributed by atoms with Crippen molar-refractivity contribution in [3.63, 3.8) is 0 Å². The number of hydrogen-bond donors (Lipinski definition) is 1. The molecule has 1 amide bonds. The number of anilines is 1. The molecular formula is C18H17ClN2O6. The topological polar surface area (TPSA) is 99.9 Å². The maximum Gasteiger partial charge on any atom is 0.289 e. The maximum absolute atomic E-state index is 12.1. The first-order chi connectivity index (χ1) is 12.9. The van der Waals surface area contributed by atoms with Gasteiger partial charge < -0.3 is 19.5 Å². The van der Waals surface area contributed by atoms with Crippen LogP contribution in [0.25, 0.3) is 6.08 Å². The summed E-state index contributed by atoms with van der Waals surface area (Å²) in [7, 11) is 2.92. The Labute approximate surface area is 160 Å². The lowest BCUT2D eigenvalue weighted by atomic mass is 10.2. The smallest absolute Gasteiger partial charge is 0.289 e. The minimum Gasteiger partial charge on any atom is -0.493 e. The molecule has 0 fully saturated rings. The molecule has 0 aliphatic heterocycles. The number of halogens is 1. The quantitative estimate of drug-likeness (QED) is 0.539. The number of hydrogen-bond acceptors (Lipinski definition) is 6. The van der Waals surface area contributed by atoms with Crippen LogP contribution in [0.4, 0.5) is 11.4 Å². The highest BCUT2D eigenvalue weighted by Gasteiger charge is 2.17. The molecule has 0 heterocycles. The molecule has 0 aromatic heterocycles. The van der Waals surface area contributed by atoms with E-state index in [0.29, 0.717) is 11.5 Å². The van der Waals surface area contributed by atoms with Crippen LogP contribution in [0.1, 0.15) is 5.56 Å². The van der Waals surface area contributed by atoms with Crippen LogP contribution in [0.5, 0.6) is 17.2 Å². The molecule has 8 nitrogen and oxygen atoms in total. The van der Waals surface area contributed by atoms with E-state index in [1.165, 1.54) is 32.4 Å². The van der Waals surface area contributed by atoms with Crippen LogP contribution in [0.15, 0.2) is 36.9 Å². The largest absolute Gasteiger partial charge is 0.493 e. The maximum atomic E-state index is 12.1. The molecule has 0 saturated carbocycles. The Balaban J connectivity index is 2.13. The first-order valence-corrected chi connectivity index (χ1v) is 8.02. The number of nitrogens with zero attached hydrogens (tertiary/aromatic N) is 1. The van der Waals surface area contributed by atoms with Gasteiger partial charge in [0, 0.05) is 11.8 Å². The van der Waals surface area contributed by atoms with Gasteiger partial charge in [-0.05, 0) is 29.8 Å². The van der Waals surface area contributed by atoms with Crippen molar-refractivity contribution in [1.29, 1.82) is 0 Å². The molecule has 0 unspecified atom stereocenters.